The molecule has 1 aliphatic rings. The molecule has 0 bridgehead atoms. The topological polar surface area (TPSA) is 99.1 Å². The van der Waals surface area contributed by atoms with Crippen molar-refractivity contribution in [3.63, 3.8) is 0 Å². The number of thiazole rings is 1. The zero-order chi connectivity index (χ0) is 19.7. The van der Waals surface area contributed by atoms with Crippen LogP contribution in [0.4, 0.5) is 0 Å². The molecule has 1 aromatic carbocycles. The van der Waals surface area contributed by atoms with E-state index in [-0.39, 0.29) is 11.3 Å². The number of benzene rings is 1. The number of hydrogen-bond donors (Lipinski definition) is 1. The van der Waals surface area contributed by atoms with Gasteiger partial charge in [0.05, 0.1) is 9.20 Å². The first-order valence-corrected chi connectivity index (χ1v) is 9.47. The number of ether oxygens (including phenoxy) is 2. The van der Waals surface area contributed by atoms with Gasteiger partial charge in [0.25, 0.3) is 5.56 Å². The predicted molar refractivity (Wildman–Crippen MR) is 104 cm³/mol. The Morgan fingerprint density at radius 3 is 2.82 bits per heavy atom. The first-order chi connectivity index (χ1) is 13.4. The van der Waals surface area contributed by atoms with E-state index in [0.29, 0.717) is 33.9 Å². The number of H-pyrrole nitrogens is 1. The van der Waals surface area contributed by atoms with Crippen LogP contribution in [0.3, 0.4) is 0 Å². The number of nitrogens with one attached hydrogen (secondary N) is 1. The Bertz CT molecular complexity index is 1190. The molecule has 144 valence electrons. The second kappa shape index (κ2) is 7.08. The van der Waals surface area contributed by atoms with Crippen LogP contribution in [0.2, 0.25) is 0 Å². The lowest BCUT2D eigenvalue weighted by Crippen LogP contribution is -2.36. The summed E-state index contributed by atoms with van der Waals surface area (Å²) in [7, 11) is 0. The molecule has 1 N–H and O–H groups in total. The number of hydrogen-bond acceptors (Lipinski definition) is 7. The molecule has 0 saturated carbocycles. The molecule has 3 aromatic rings. The molecule has 1 aliphatic heterocycles. The molecule has 2 aromatic heterocycles. The highest BCUT2D eigenvalue weighted by Gasteiger charge is 2.28. The second-order valence-electron chi connectivity index (χ2n) is 6.74. The lowest BCUT2D eigenvalue weighted by atomic mass is 10.00. The van der Waals surface area contributed by atoms with Gasteiger partial charge in [0.15, 0.2) is 17.3 Å². The van der Waals surface area contributed by atoms with Gasteiger partial charge in [-0.3, -0.25) is 9.59 Å². The molecule has 0 aliphatic carbocycles. The van der Waals surface area contributed by atoms with Crippen LogP contribution in [-0.2, 0) is 10.3 Å². The van der Waals surface area contributed by atoms with E-state index in [1.165, 1.54) is 34.7 Å². The van der Waals surface area contributed by atoms with E-state index >= 15 is 0 Å². The molecule has 8 nitrogen and oxygen atoms in total. The smallest absolute Gasteiger partial charge is 0.266 e. The van der Waals surface area contributed by atoms with Gasteiger partial charge in [0.2, 0.25) is 0 Å². The summed E-state index contributed by atoms with van der Waals surface area (Å²) >= 11 is 1.22. The fraction of sp³-hybridized carbons (Fsp3) is 0.263. The largest absolute Gasteiger partial charge is 0.486 e. The summed E-state index contributed by atoms with van der Waals surface area (Å²) in [4.78, 5) is 31.6. The van der Waals surface area contributed by atoms with Gasteiger partial charge in [-0.25, -0.2) is 9.67 Å². The average molecular weight is 398 g/mol. The van der Waals surface area contributed by atoms with Crippen molar-refractivity contribution in [2.24, 2.45) is 0 Å². The summed E-state index contributed by atoms with van der Waals surface area (Å²) in [6.45, 7) is 4.51. The molecular formula is C19H18N4O4S. The lowest BCUT2D eigenvalue weighted by molar-refractivity contribution is -0.120. The first kappa shape index (κ1) is 18.2. The third-order valence-corrected chi connectivity index (χ3v) is 5.36. The quantitative estimate of drug-likeness (QED) is 0.684. The van der Waals surface area contributed by atoms with Crippen molar-refractivity contribution in [2.45, 2.75) is 19.4 Å². The summed E-state index contributed by atoms with van der Waals surface area (Å²) in [5.41, 5.74) is -0.341. The van der Waals surface area contributed by atoms with Crippen molar-refractivity contribution in [3.05, 3.63) is 56.0 Å². The van der Waals surface area contributed by atoms with Crippen LogP contribution in [0.25, 0.3) is 12.2 Å². The summed E-state index contributed by atoms with van der Waals surface area (Å²) in [6, 6.07) is 5.50. The molecule has 28 heavy (non-hydrogen) atoms. The molecule has 0 unspecified atom stereocenters. The van der Waals surface area contributed by atoms with Crippen molar-refractivity contribution in [2.75, 3.05) is 13.2 Å². The third kappa shape index (κ3) is 3.48. The summed E-state index contributed by atoms with van der Waals surface area (Å²) < 4.78 is 13.5. The van der Waals surface area contributed by atoms with E-state index in [1.807, 2.05) is 18.2 Å². The average Bonchev–Trinajstić information content (AvgIpc) is 3.33. The van der Waals surface area contributed by atoms with Crippen LogP contribution in [0.5, 0.6) is 11.5 Å². The van der Waals surface area contributed by atoms with Crippen LogP contribution < -0.4 is 24.2 Å². The number of nitrogens with zero attached hydrogens (tertiary/aromatic N) is 3. The van der Waals surface area contributed by atoms with Crippen molar-refractivity contribution in [1.29, 1.82) is 0 Å². The molecule has 0 spiro atoms. The number of aromatic nitrogens is 4. The van der Waals surface area contributed by atoms with E-state index in [9.17, 15) is 9.59 Å². The zero-order valence-electron chi connectivity index (χ0n) is 15.3. The minimum absolute atomic E-state index is 0.193. The van der Waals surface area contributed by atoms with Crippen molar-refractivity contribution >= 4 is 29.3 Å². The van der Waals surface area contributed by atoms with Crippen LogP contribution in [0.1, 0.15) is 19.4 Å². The van der Waals surface area contributed by atoms with E-state index < -0.39 is 5.54 Å². The van der Waals surface area contributed by atoms with Gasteiger partial charge in [-0.05, 0) is 37.6 Å². The highest BCUT2D eigenvalue weighted by molar-refractivity contribution is 7.07. The molecule has 9 heteroatoms. The molecule has 0 atom stereocenters. The Morgan fingerprint density at radius 2 is 2.07 bits per heavy atom. The Hall–Kier alpha value is -3.20. The molecule has 0 amide bonds. The van der Waals surface area contributed by atoms with Gasteiger partial charge in [0.1, 0.15) is 31.4 Å². The van der Waals surface area contributed by atoms with E-state index in [1.54, 1.807) is 19.9 Å². The van der Waals surface area contributed by atoms with E-state index in [2.05, 4.69) is 15.1 Å². The maximum Gasteiger partial charge on any atom is 0.266 e. The summed E-state index contributed by atoms with van der Waals surface area (Å²) in [6.07, 6.45) is 6.05. The maximum absolute atomic E-state index is 12.7. The summed E-state index contributed by atoms with van der Waals surface area (Å²) in [5, 5.41) is 4.03. The minimum Gasteiger partial charge on any atom is -0.486 e. The molecule has 0 fully saturated rings. The van der Waals surface area contributed by atoms with Crippen LogP contribution in [0.15, 0.2) is 35.6 Å². The van der Waals surface area contributed by atoms with Gasteiger partial charge in [-0.15, -0.1) is 11.3 Å². The monoisotopic (exact) mass is 398 g/mol. The number of carbonyl (C=O) groups is 1. The van der Waals surface area contributed by atoms with Crippen molar-refractivity contribution in [1.82, 2.24) is 19.7 Å². The van der Waals surface area contributed by atoms with Gasteiger partial charge in [-0.1, -0.05) is 6.07 Å². The number of rotatable bonds is 4. The maximum atomic E-state index is 12.7. The number of carbonyl (C=O) groups excluding carboxylic acids is 1. The molecule has 0 radical (unpaired) electrons. The van der Waals surface area contributed by atoms with Gasteiger partial charge in [0, 0.05) is 6.08 Å². The number of Topliss-reactive ketones (excluding diaryl/α,β-unsaturated/α-hetero) is 1. The zero-order valence-corrected chi connectivity index (χ0v) is 16.2. The molecule has 4 rings (SSSR count). The van der Waals surface area contributed by atoms with Crippen LogP contribution >= 0.6 is 11.3 Å². The van der Waals surface area contributed by atoms with E-state index in [0.717, 1.165) is 5.56 Å². The fourth-order valence-electron chi connectivity index (χ4n) is 2.73. The highest BCUT2D eigenvalue weighted by atomic mass is 32.1. The molecule has 0 saturated heterocycles. The predicted octanol–water partition coefficient (Wildman–Crippen LogP) is 0.413. The van der Waals surface area contributed by atoms with Crippen molar-refractivity contribution < 1.29 is 14.3 Å². The highest BCUT2D eigenvalue weighted by Crippen LogP contribution is 2.30. The fourth-order valence-corrected chi connectivity index (χ4v) is 3.62. The number of ketones is 1. The van der Waals surface area contributed by atoms with Gasteiger partial charge < -0.3 is 14.5 Å². The summed E-state index contributed by atoms with van der Waals surface area (Å²) in [5.74, 6) is 1.16. The molecular weight excluding hydrogens is 380 g/mol. The van der Waals surface area contributed by atoms with Crippen LogP contribution in [0, 0.1) is 0 Å². The number of fused-ring (bicyclic) bond motifs is 1. The Balaban J connectivity index is 1.67. The van der Waals surface area contributed by atoms with Crippen molar-refractivity contribution in [3.8, 4) is 11.5 Å². The molecule has 3 heterocycles. The number of aromatic amines is 1. The Morgan fingerprint density at radius 1 is 1.29 bits per heavy atom. The van der Waals surface area contributed by atoms with Gasteiger partial charge >= 0.3 is 0 Å². The normalized spacial score (nSPS) is 15.1. The standard InChI is InChI=1S/C19H18N4O4S/c1-19(2,23-11-20-10-21-23)16(24)9-17-22-18(25)15(28-17)8-12-3-4-13-14(7-12)27-6-5-26-13/h3-4,7-11H,5-6H2,1-2H3,(H,22,25)/b15-8-,17-9+. The van der Waals surface area contributed by atoms with Crippen LogP contribution in [-0.4, -0.2) is 38.7 Å². The third-order valence-electron chi connectivity index (χ3n) is 4.40. The second-order valence-corrected chi connectivity index (χ2v) is 7.82. The van der Waals surface area contributed by atoms with E-state index in [4.69, 9.17) is 9.47 Å². The lowest BCUT2D eigenvalue weighted by Gasteiger charge is -2.20. The van der Waals surface area contributed by atoms with Gasteiger partial charge in [-0.2, -0.15) is 5.10 Å². The minimum atomic E-state index is -0.906. The Labute approximate surface area is 163 Å². The first-order valence-electron chi connectivity index (χ1n) is 8.65. The Kier molecular flexibility index (Phi) is 4.60. The SMILES string of the molecule is CC(C)(C(=O)/C=c1\[nH]c(=O)/c(=C/c2ccc3c(c2)OCCO3)s1)n1cncn1.